The number of rotatable bonds is 4. The lowest BCUT2D eigenvalue weighted by Crippen LogP contribution is -2.26. The molecule has 0 N–H and O–H groups in total. The summed E-state index contributed by atoms with van der Waals surface area (Å²) in [5.74, 6) is 0. The van der Waals surface area contributed by atoms with Crippen LogP contribution in [-0.2, 0) is 5.41 Å². The van der Waals surface area contributed by atoms with Crippen LogP contribution in [0.2, 0.25) is 0 Å². The third kappa shape index (κ3) is 4.04. The van der Waals surface area contributed by atoms with Crippen LogP contribution in [0, 0.1) is 6.92 Å². The second kappa shape index (κ2) is 11.1. The number of hydrogen-bond acceptors (Lipinski definition) is 2. The molecule has 1 heterocycles. The minimum absolute atomic E-state index is 0.435. The molecule has 1 nitrogen and oxygen atoms in total. The first kappa shape index (κ1) is 29.5. The molecular formula is C50H33NS. The van der Waals surface area contributed by atoms with E-state index in [-0.39, 0.29) is 0 Å². The van der Waals surface area contributed by atoms with Gasteiger partial charge in [-0.3, -0.25) is 0 Å². The summed E-state index contributed by atoms with van der Waals surface area (Å²) in [6.07, 6.45) is 0. The molecule has 2 heteroatoms. The molecule has 52 heavy (non-hydrogen) atoms. The maximum absolute atomic E-state index is 2.48. The molecule has 2 aliphatic carbocycles. The van der Waals surface area contributed by atoms with E-state index in [1.54, 1.807) is 0 Å². The summed E-state index contributed by atoms with van der Waals surface area (Å²) in [6.45, 7) is 2.14. The van der Waals surface area contributed by atoms with Crippen molar-refractivity contribution in [2.75, 3.05) is 4.90 Å². The maximum Gasteiger partial charge on any atom is 0.0726 e. The molecule has 8 aromatic carbocycles. The lowest BCUT2D eigenvalue weighted by molar-refractivity contribution is 0.794. The molecule has 0 fully saturated rings. The zero-order chi connectivity index (χ0) is 34.4. The van der Waals surface area contributed by atoms with Crippen molar-refractivity contribution in [1.29, 1.82) is 0 Å². The first-order valence-electron chi connectivity index (χ1n) is 18.0. The van der Waals surface area contributed by atoms with E-state index in [1.165, 1.54) is 81.4 Å². The van der Waals surface area contributed by atoms with Gasteiger partial charge in [0.25, 0.3) is 0 Å². The van der Waals surface area contributed by atoms with Gasteiger partial charge in [-0.15, -0.1) is 11.3 Å². The lowest BCUT2D eigenvalue weighted by Gasteiger charge is -2.32. The predicted molar refractivity (Wildman–Crippen MR) is 220 cm³/mol. The van der Waals surface area contributed by atoms with Gasteiger partial charge < -0.3 is 4.90 Å². The summed E-state index contributed by atoms with van der Waals surface area (Å²) in [4.78, 5) is 2.41. The largest absolute Gasteiger partial charge is 0.310 e. The van der Waals surface area contributed by atoms with Crippen LogP contribution in [0.3, 0.4) is 0 Å². The molecule has 0 aliphatic heterocycles. The van der Waals surface area contributed by atoms with Gasteiger partial charge >= 0.3 is 0 Å². The highest BCUT2D eigenvalue weighted by atomic mass is 32.1. The molecule has 11 rings (SSSR count). The van der Waals surface area contributed by atoms with Crippen LogP contribution in [0.4, 0.5) is 17.1 Å². The minimum atomic E-state index is -0.435. The van der Waals surface area contributed by atoms with E-state index in [0.29, 0.717) is 0 Å². The fourth-order valence-corrected chi connectivity index (χ4v) is 10.4. The number of anilines is 3. The number of hydrogen-bond donors (Lipinski definition) is 0. The van der Waals surface area contributed by atoms with E-state index in [4.69, 9.17) is 0 Å². The Morgan fingerprint density at radius 3 is 1.81 bits per heavy atom. The van der Waals surface area contributed by atoms with E-state index >= 15 is 0 Å². The van der Waals surface area contributed by atoms with Crippen LogP contribution in [0.5, 0.6) is 0 Å². The van der Waals surface area contributed by atoms with Crippen LogP contribution < -0.4 is 4.90 Å². The number of nitrogens with zero attached hydrogens (tertiary/aromatic N) is 1. The Kier molecular flexibility index (Phi) is 6.32. The number of benzene rings is 8. The first-order chi connectivity index (χ1) is 25.7. The molecule has 0 saturated carbocycles. The fourth-order valence-electron chi connectivity index (χ4n) is 9.10. The Morgan fingerprint density at radius 1 is 0.423 bits per heavy atom. The molecule has 1 unspecified atom stereocenters. The van der Waals surface area contributed by atoms with E-state index < -0.39 is 5.41 Å². The average molecular weight is 680 g/mol. The summed E-state index contributed by atoms with van der Waals surface area (Å²) in [5, 5.41) is 2.68. The smallest absolute Gasteiger partial charge is 0.0726 e. The third-order valence-electron chi connectivity index (χ3n) is 11.4. The van der Waals surface area contributed by atoms with Crippen molar-refractivity contribution in [2.45, 2.75) is 12.3 Å². The monoisotopic (exact) mass is 679 g/mol. The van der Waals surface area contributed by atoms with Gasteiger partial charge in [0.1, 0.15) is 0 Å². The van der Waals surface area contributed by atoms with Crippen molar-refractivity contribution < 1.29 is 0 Å². The van der Waals surface area contributed by atoms with Gasteiger partial charge in [-0.2, -0.15) is 0 Å². The van der Waals surface area contributed by atoms with Gasteiger partial charge in [0, 0.05) is 42.8 Å². The Balaban J connectivity index is 1.16. The molecule has 2 aliphatic rings. The van der Waals surface area contributed by atoms with Gasteiger partial charge in [0.2, 0.25) is 0 Å². The topological polar surface area (TPSA) is 3.24 Å². The van der Waals surface area contributed by atoms with Crippen molar-refractivity contribution in [1.82, 2.24) is 0 Å². The SMILES string of the molecule is Cc1ccc(-c2ccc(N(c3ccccc3)c3ccc4c(c3)C3(c5ccccc5-4)c4ccccc4-c4c3ccc3c4sc4ccccc43)cc2)cc1. The summed E-state index contributed by atoms with van der Waals surface area (Å²) in [5.41, 5.74) is 17.5. The zero-order valence-corrected chi connectivity index (χ0v) is 29.5. The highest BCUT2D eigenvalue weighted by molar-refractivity contribution is 7.26. The van der Waals surface area contributed by atoms with Gasteiger partial charge in [0.15, 0.2) is 0 Å². The van der Waals surface area contributed by atoms with Gasteiger partial charge in [-0.05, 0) is 99.5 Å². The van der Waals surface area contributed by atoms with Crippen molar-refractivity contribution in [3.63, 3.8) is 0 Å². The second-order valence-electron chi connectivity index (χ2n) is 14.1. The molecule has 244 valence electrons. The quantitative estimate of drug-likeness (QED) is 0.179. The lowest BCUT2D eigenvalue weighted by atomic mass is 9.70. The Bertz CT molecular complexity index is 2850. The molecule has 0 radical (unpaired) electrons. The van der Waals surface area contributed by atoms with Crippen molar-refractivity contribution >= 4 is 48.6 Å². The molecule has 0 bridgehead atoms. The zero-order valence-electron chi connectivity index (χ0n) is 28.7. The van der Waals surface area contributed by atoms with Crippen molar-refractivity contribution in [3.8, 4) is 33.4 Å². The van der Waals surface area contributed by atoms with Crippen LogP contribution in [0.1, 0.15) is 27.8 Å². The van der Waals surface area contributed by atoms with Crippen LogP contribution in [-0.4, -0.2) is 0 Å². The summed E-state index contributed by atoms with van der Waals surface area (Å²) in [7, 11) is 0. The summed E-state index contributed by atoms with van der Waals surface area (Å²) >= 11 is 1.93. The van der Waals surface area contributed by atoms with E-state index in [1.807, 2.05) is 11.3 Å². The standard InChI is InChI=1S/C50H33NS/c1-32-19-21-33(22-20-32)34-23-25-36(26-24-34)51(35-11-3-2-4-12-35)37-27-28-39-38-13-5-8-16-43(38)50(46(39)31-37)44-17-9-6-15-42(44)48-45(50)30-29-41-40-14-7-10-18-47(40)52-49(41)48/h2-31H,1H3. The summed E-state index contributed by atoms with van der Waals surface area (Å²) in [6, 6.07) is 67.7. The van der Waals surface area contributed by atoms with Crippen LogP contribution >= 0.6 is 11.3 Å². The van der Waals surface area contributed by atoms with Crippen molar-refractivity contribution in [2.24, 2.45) is 0 Å². The Morgan fingerprint density at radius 2 is 1.02 bits per heavy atom. The molecular weight excluding hydrogens is 647 g/mol. The predicted octanol–water partition coefficient (Wildman–Crippen LogP) is 13.8. The van der Waals surface area contributed by atoms with E-state index in [2.05, 4.69) is 194 Å². The fraction of sp³-hybridized carbons (Fsp3) is 0.0400. The Hall–Kier alpha value is -6.22. The average Bonchev–Trinajstić information content (AvgIpc) is 3.83. The third-order valence-corrected chi connectivity index (χ3v) is 12.6. The van der Waals surface area contributed by atoms with E-state index in [0.717, 1.165) is 17.1 Å². The molecule has 9 aromatic rings. The normalized spacial score (nSPS) is 15.1. The minimum Gasteiger partial charge on any atom is -0.310 e. The number of thiophene rings is 1. The molecule has 1 spiro atoms. The Labute approximate surface area is 307 Å². The molecule has 0 saturated heterocycles. The van der Waals surface area contributed by atoms with Gasteiger partial charge in [-0.1, -0.05) is 145 Å². The molecule has 1 atom stereocenters. The van der Waals surface area contributed by atoms with Gasteiger partial charge in [-0.25, -0.2) is 0 Å². The highest BCUT2D eigenvalue weighted by Crippen LogP contribution is 2.65. The van der Waals surface area contributed by atoms with E-state index in [9.17, 15) is 0 Å². The number of para-hydroxylation sites is 1. The first-order valence-corrected chi connectivity index (χ1v) is 18.8. The maximum atomic E-state index is 2.48. The van der Waals surface area contributed by atoms with Crippen LogP contribution in [0.15, 0.2) is 182 Å². The van der Waals surface area contributed by atoms with Crippen LogP contribution in [0.25, 0.3) is 53.6 Å². The molecule has 0 amide bonds. The highest BCUT2D eigenvalue weighted by Gasteiger charge is 2.52. The number of fused-ring (bicyclic) bond motifs is 14. The van der Waals surface area contributed by atoms with Crippen molar-refractivity contribution in [3.05, 3.63) is 210 Å². The molecule has 1 aromatic heterocycles. The number of aryl methyl sites for hydroxylation is 1. The second-order valence-corrected chi connectivity index (χ2v) is 15.2. The summed E-state index contributed by atoms with van der Waals surface area (Å²) < 4.78 is 2.72. The van der Waals surface area contributed by atoms with Gasteiger partial charge in [0.05, 0.1) is 5.41 Å².